The summed E-state index contributed by atoms with van der Waals surface area (Å²) >= 11 is 0. The van der Waals surface area contributed by atoms with Crippen LogP contribution >= 0.6 is 0 Å². The average molecular weight is 258 g/mol. The second kappa shape index (κ2) is 7.07. The molecule has 0 fully saturated rings. The van der Waals surface area contributed by atoms with Crippen LogP contribution in [0, 0.1) is 0 Å². The number of halogens is 3. The summed E-state index contributed by atoms with van der Waals surface area (Å²) in [4.78, 5) is 22.3. The highest BCUT2D eigenvalue weighted by Crippen LogP contribution is 2.15. The molecular weight excluding hydrogens is 245 g/mol. The summed E-state index contributed by atoms with van der Waals surface area (Å²) in [5, 5.41) is 10.3. The number of nitrogens with one attached hydrogen (secondary N) is 1. The van der Waals surface area contributed by atoms with E-state index in [1.165, 1.54) is 0 Å². The van der Waals surface area contributed by atoms with Gasteiger partial charge in [0, 0.05) is 6.54 Å². The highest BCUT2D eigenvalue weighted by Gasteiger charge is 2.31. The number of nitrogens with zero attached hydrogens (tertiary/aromatic N) is 1. The Balaban J connectivity index is 4.24. The van der Waals surface area contributed by atoms with Gasteiger partial charge in [0.1, 0.15) is 0 Å². The first-order valence-electron chi connectivity index (χ1n) is 4.56. The van der Waals surface area contributed by atoms with Crippen LogP contribution in [-0.4, -0.2) is 61.5 Å². The average Bonchev–Trinajstić information content (AvgIpc) is 2.14. The molecule has 0 aromatic rings. The number of aliphatic hydroxyl groups is 1. The monoisotopic (exact) mass is 258 g/mol. The van der Waals surface area contributed by atoms with Crippen LogP contribution in [0.3, 0.4) is 0 Å². The molecule has 2 N–H and O–H groups in total. The predicted molar refractivity (Wildman–Crippen MR) is 50.1 cm³/mol. The van der Waals surface area contributed by atoms with E-state index in [9.17, 15) is 22.8 Å². The number of methoxy groups -OCH3 is 1. The maximum absolute atomic E-state index is 12.1. The van der Waals surface area contributed by atoms with Gasteiger partial charge in [-0.15, -0.1) is 0 Å². The molecule has 0 bridgehead atoms. The molecule has 0 aromatic heterocycles. The summed E-state index contributed by atoms with van der Waals surface area (Å²) in [5.41, 5.74) is 0. The number of carbonyl (C=O) groups is 2. The van der Waals surface area contributed by atoms with Crippen LogP contribution < -0.4 is 5.32 Å². The van der Waals surface area contributed by atoms with Crippen molar-refractivity contribution in [1.29, 1.82) is 0 Å². The lowest BCUT2D eigenvalue weighted by atomic mass is 10.4. The van der Waals surface area contributed by atoms with Gasteiger partial charge in [-0.05, 0) is 0 Å². The molecule has 6 nitrogen and oxygen atoms in total. The molecule has 0 aliphatic carbocycles. The number of alkyl carbamates (subject to hydrolysis) is 1. The molecule has 0 aliphatic heterocycles. The number of imide groups is 1. The molecular formula is C8H13F3N2O4. The Morgan fingerprint density at radius 2 is 2.00 bits per heavy atom. The number of alkyl halides is 3. The number of aliphatic hydroxyl groups excluding tert-OH is 1. The second-order valence-corrected chi connectivity index (χ2v) is 3.09. The molecule has 17 heavy (non-hydrogen) atoms. The topological polar surface area (TPSA) is 78.9 Å². The zero-order valence-corrected chi connectivity index (χ0v) is 9.08. The van der Waals surface area contributed by atoms with E-state index in [-0.39, 0.29) is 6.54 Å². The molecule has 2 amide bonds. The van der Waals surface area contributed by atoms with Crippen LogP contribution in [0.5, 0.6) is 0 Å². The smallest absolute Gasteiger partial charge is 0.413 e. The van der Waals surface area contributed by atoms with Crippen molar-refractivity contribution in [2.45, 2.75) is 6.18 Å². The van der Waals surface area contributed by atoms with Crippen molar-refractivity contribution in [2.24, 2.45) is 0 Å². The summed E-state index contributed by atoms with van der Waals surface area (Å²) in [5.74, 6) is -0.936. The Morgan fingerprint density at radius 1 is 1.41 bits per heavy atom. The standard InChI is InChI=1S/C8H13F3N2O4/c1-17-7(16)12-6(15)4-13(2-3-14)5-8(9,10)11/h14H,2-5H2,1H3,(H,12,15,16). The minimum atomic E-state index is -4.49. The molecule has 0 aromatic carbocycles. The molecule has 0 unspecified atom stereocenters. The molecule has 100 valence electrons. The van der Waals surface area contributed by atoms with Crippen LogP contribution in [-0.2, 0) is 9.53 Å². The lowest BCUT2D eigenvalue weighted by Gasteiger charge is -2.21. The fraction of sp³-hybridized carbons (Fsp3) is 0.750. The van der Waals surface area contributed by atoms with E-state index in [0.29, 0.717) is 4.90 Å². The van der Waals surface area contributed by atoms with Crippen LogP contribution in [0.1, 0.15) is 0 Å². The quantitative estimate of drug-likeness (QED) is 0.709. The van der Waals surface area contributed by atoms with E-state index in [1.54, 1.807) is 5.32 Å². The Labute approximate surface area is 95.3 Å². The number of hydrogen-bond acceptors (Lipinski definition) is 5. The second-order valence-electron chi connectivity index (χ2n) is 3.09. The third-order valence-electron chi connectivity index (χ3n) is 1.61. The van der Waals surface area contributed by atoms with E-state index in [0.717, 1.165) is 7.11 Å². The summed E-state index contributed by atoms with van der Waals surface area (Å²) in [6.07, 6.45) is -5.54. The molecule has 9 heteroatoms. The van der Waals surface area contributed by atoms with Crippen molar-refractivity contribution < 1.29 is 32.6 Å². The van der Waals surface area contributed by atoms with Crippen LogP contribution in [0.25, 0.3) is 0 Å². The van der Waals surface area contributed by atoms with E-state index < -0.39 is 37.9 Å². The van der Waals surface area contributed by atoms with Gasteiger partial charge in [-0.1, -0.05) is 0 Å². The van der Waals surface area contributed by atoms with Crippen LogP contribution in [0.2, 0.25) is 0 Å². The van der Waals surface area contributed by atoms with E-state index in [1.807, 2.05) is 0 Å². The van der Waals surface area contributed by atoms with Gasteiger partial charge in [0.25, 0.3) is 0 Å². The summed E-state index contributed by atoms with van der Waals surface area (Å²) in [7, 11) is 1.02. The van der Waals surface area contributed by atoms with Gasteiger partial charge >= 0.3 is 12.3 Å². The van der Waals surface area contributed by atoms with Gasteiger partial charge in [0.2, 0.25) is 5.91 Å². The number of ether oxygens (including phenoxy) is 1. The third kappa shape index (κ3) is 8.46. The fourth-order valence-electron chi connectivity index (χ4n) is 1.02. The van der Waals surface area contributed by atoms with E-state index >= 15 is 0 Å². The van der Waals surface area contributed by atoms with Gasteiger partial charge in [-0.2, -0.15) is 13.2 Å². The van der Waals surface area contributed by atoms with Gasteiger partial charge in [-0.3, -0.25) is 15.0 Å². The number of carbonyl (C=O) groups excluding carboxylic acids is 2. The van der Waals surface area contributed by atoms with Crippen molar-refractivity contribution >= 4 is 12.0 Å². The maximum Gasteiger partial charge on any atom is 0.413 e. The van der Waals surface area contributed by atoms with Gasteiger partial charge < -0.3 is 9.84 Å². The molecule has 0 aliphatic rings. The summed E-state index contributed by atoms with van der Waals surface area (Å²) < 4.78 is 40.3. The molecule has 0 spiro atoms. The Hall–Kier alpha value is -1.35. The van der Waals surface area contributed by atoms with Gasteiger partial charge in [-0.25, -0.2) is 4.79 Å². The first-order chi connectivity index (χ1) is 7.78. The van der Waals surface area contributed by atoms with Crippen LogP contribution in [0.4, 0.5) is 18.0 Å². The Bertz CT molecular complexity index is 270. The zero-order chi connectivity index (χ0) is 13.5. The first kappa shape index (κ1) is 15.7. The van der Waals surface area contributed by atoms with Crippen molar-refractivity contribution in [2.75, 3.05) is 33.4 Å². The number of amides is 2. The summed E-state index contributed by atoms with van der Waals surface area (Å²) in [6, 6.07) is 0. The first-order valence-corrected chi connectivity index (χ1v) is 4.56. The molecule has 0 rings (SSSR count). The summed E-state index contributed by atoms with van der Waals surface area (Å²) in [6.45, 7) is -2.85. The number of hydrogen-bond donors (Lipinski definition) is 2. The van der Waals surface area contributed by atoms with Crippen molar-refractivity contribution in [3.63, 3.8) is 0 Å². The van der Waals surface area contributed by atoms with Crippen molar-refractivity contribution in [1.82, 2.24) is 10.2 Å². The largest absolute Gasteiger partial charge is 0.453 e. The normalized spacial score (nSPS) is 11.4. The fourth-order valence-corrected chi connectivity index (χ4v) is 1.02. The Kier molecular flexibility index (Phi) is 6.51. The lowest BCUT2D eigenvalue weighted by Crippen LogP contribution is -2.44. The highest BCUT2D eigenvalue weighted by molar-refractivity contribution is 5.92. The third-order valence-corrected chi connectivity index (χ3v) is 1.61. The number of rotatable bonds is 5. The maximum atomic E-state index is 12.1. The van der Waals surface area contributed by atoms with Crippen molar-refractivity contribution in [3.05, 3.63) is 0 Å². The van der Waals surface area contributed by atoms with Gasteiger partial charge in [0.15, 0.2) is 0 Å². The van der Waals surface area contributed by atoms with Crippen LogP contribution in [0.15, 0.2) is 0 Å². The van der Waals surface area contributed by atoms with Gasteiger partial charge in [0.05, 0.1) is 26.8 Å². The van der Waals surface area contributed by atoms with E-state index in [4.69, 9.17) is 5.11 Å². The molecule has 0 radical (unpaired) electrons. The zero-order valence-electron chi connectivity index (χ0n) is 9.08. The SMILES string of the molecule is COC(=O)NC(=O)CN(CCO)CC(F)(F)F. The minimum absolute atomic E-state index is 0.325. The molecule has 0 atom stereocenters. The molecule has 0 heterocycles. The minimum Gasteiger partial charge on any atom is -0.453 e. The molecule has 0 saturated heterocycles. The predicted octanol–water partition coefficient (Wildman–Crippen LogP) is -0.274. The highest BCUT2D eigenvalue weighted by atomic mass is 19.4. The lowest BCUT2D eigenvalue weighted by molar-refractivity contribution is -0.149. The van der Waals surface area contributed by atoms with Crippen molar-refractivity contribution in [3.8, 4) is 0 Å². The molecule has 0 saturated carbocycles. The Morgan fingerprint density at radius 3 is 2.41 bits per heavy atom. The van der Waals surface area contributed by atoms with E-state index in [2.05, 4.69) is 4.74 Å².